The first-order valence-electron chi connectivity index (χ1n) is 8.13. The summed E-state index contributed by atoms with van der Waals surface area (Å²) in [6.07, 6.45) is 5.02. The predicted octanol–water partition coefficient (Wildman–Crippen LogP) is 4.53. The quantitative estimate of drug-likeness (QED) is 0.440. The van der Waals surface area contributed by atoms with Crippen molar-refractivity contribution in [2.75, 3.05) is 6.61 Å². The van der Waals surface area contributed by atoms with Crippen LogP contribution < -0.4 is 0 Å². The molecule has 120 valence electrons. The van der Waals surface area contributed by atoms with E-state index in [2.05, 4.69) is 0 Å². The molecule has 0 heterocycles. The smallest absolute Gasteiger partial charge is 0.434 e. The van der Waals surface area contributed by atoms with Gasteiger partial charge in [0.2, 0.25) is 5.78 Å². The van der Waals surface area contributed by atoms with Gasteiger partial charge in [0, 0.05) is 5.56 Å². The minimum absolute atomic E-state index is 0.111. The van der Waals surface area contributed by atoms with E-state index in [0.29, 0.717) is 25.0 Å². The van der Waals surface area contributed by atoms with Crippen molar-refractivity contribution in [3.05, 3.63) is 35.9 Å². The Hall–Kier alpha value is -1.84. The first-order chi connectivity index (χ1) is 10.7. The molecule has 0 aromatic heterocycles. The predicted molar refractivity (Wildman–Crippen MR) is 83.9 cm³/mol. The molecule has 1 aliphatic carbocycles. The van der Waals surface area contributed by atoms with Crippen LogP contribution in [0.2, 0.25) is 0 Å². The van der Waals surface area contributed by atoms with E-state index in [1.807, 2.05) is 25.1 Å². The second kappa shape index (κ2) is 7.97. The van der Waals surface area contributed by atoms with Crippen molar-refractivity contribution in [3.63, 3.8) is 0 Å². The first-order valence-corrected chi connectivity index (χ1v) is 8.13. The molecule has 1 saturated carbocycles. The zero-order chi connectivity index (χ0) is 15.8. The SMILES string of the molecule is CCCCOC(=O)OC1(C(=O)c2ccccc2)CCCCC1. The minimum Gasteiger partial charge on any atom is -0.434 e. The van der Waals surface area contributed by atoms with Gasteiger partial charge in [0.1, 0.15) is 0 Å². The summed E-state index contributed by atoms with van der Waals surface area (Å²) >= 11 is 0. The molecule has 2 rings (SSSR count). The topological polar surface area (TPSA) is 52.6 Å². The van der Waals surface area contributed by atoms with Crippen LogP contribution in [-0.2, 0) is 9.47 Å². The average molecular weight is 304 g/mol. The van der Waals surface area contributed by atoms with Crippen molar-refractivity contribution in [3.8, 4) is 0 Å². The van der Waals surface area contributed by atoms with Crippen molar-refractivity contribution in [1.82, 2.24) is 0 Å². The van der Waals surface area contributed by atoms with Crippen molar-refractivity contribution >= 4 is 11.9 Å². The van der Waals surface area contributed by atoms with Gasteiger partial charge in [-0.05, 0) is 32.1 Å². The molecule has 4 heteroatoms. The van der Waals surface area contributed by atoms with Gasteiger partial charge in [-0.2, -0.15) is 0 Å². The Morgan fingerprint density at radius 3 is 2.41 bits per heavy atom. The van der Waals surface area contributed by atoms with Gasteiger partial charge >= 0.3 is 6.16 Å². The number of carbonyl (C=O) groups excluding carboxylic acids is 2. The lowest BCUT2D eigenvalue weighted by molar-refractivity contribution is -0.0386. The zero-order valence-electron chi connectivity index (χ0n) is 13.2. The van der Waals surface area contributed by atoms with Crippen molar-refractivity contribution in [2.45, 2.75) is 57.5 Å². The van der Waals surface area contributed by atoms with Crippen molar-refractivity contribution in [1.29, 1.82) is 0 Å². The van der Waals surface area contributed by atoms with Gasteiger partial charge in [0.25, 0.3) is 0 Å². The van der Waals surface area contributed by atoms with Crippen LogP contribution in [0.1, 0.15) is 62.2 Å². The van der Waals surface area contributed by atoms with E-state index in [9.17, 15) is 9.59 Å². The number of hydrogen-bond donors (Lipinski definition) is 0. The molecule has 0 bridgehead atoms. The molecule has 0 radical (unpaired) electrons. The van der Waals surface area contributed by atoms with Gasteiger partial charge in [0.15, 0.2) is 5.60 Å². The summed E-state index contributed by atoms with van der Waals surface area (Å²) in [5.74, 6) is -0.111. The molecule has 0 spiro atoms. The average Bonchev–Trinajstić information content (AvgIpc) is 2.56. The van der Waals surface area contributed by atoms with Crippen molar-refractivity contribution < 1.29 is 19.1 Å². The number of carbonyl (C=O) groups is 2. The third-order valence-electron chi connectivity index (χ3n) is 4.11. The fourth-order valence-corrected chi connectivity index (χ4v) is 2.84. The summed E-state index contributed by atoms with van der Waals surface area (Å²) in [7, 11) is 0. The van der Waals surface area contributed by atoms with Crippen LogP contribution in [0.25, 0.3) is 0 Å². The largest absolute Gasteiger partial charge is 0.509 e. The molecular formula is C18H24O4. The summed E-state index contributed by atoms with van der Waals surface area (Å²) in [5, 5.41) is 0. The summed E-state index contributed by atoms with van der Waals surface area (Å²) in [6, 6.07) is 9.05. The second-order valence-electron chi connectivity index (χ2n) is 5.80. The Kier molecular flexibility index (Phi) is 5.99. The fourth-order valence-electron chi connectivity index (χ4n) is 2.84. The lowest BCUT2D eigenvalue weighted by Crippen LogP contribution is -2.45. The maximum Gasteiger partial charge on any atom is 0.509 e. The molecule has 1 aliphatic rings. The highest BCUT2D eigenvalue weighted by Gasteiger charge is 2.44. The van der Waals surface area contributed by atoms with E-state index >= 15 is 0 Å². The summed E-state index contributed by atoms with van der Waals surface area (Å²) in [5.41, 5.74) is -0.464. The van der Waals surface area contributed by atoms with Crippen LogP contribution in [0, 0.1) is 0 Å². The van der Waals surface area contributed by atoms with Gasteiger partial charge in [-0.25, -0.2) is 4.79 Å². The van der Waals surface area contributed by atoms with Crippen LogP contribution in [0.5, 0.6) is 0 Å². The Balaban J connectivity index is 2.10. The molecule has 0 amide bonds. The van der Waals surface area contributed by atoms with Crippen LogP contribution in [0.3, 0.4) is 0 Å². The van der Waals surface area contributed by atoms with Crippen LogP contribution in [0.15, 0.2) is 30.3 Å². The Labute approximate surface area is 131 Å². The molecule has 1 aromatic rings. The third-order valence-corrected chi connectivity index (χ3v) is 4.11. The highest BCUT2D eigenvalue weighted by atomic mass is 16.7. The molecular weight excluding hydrogens is 280 g/mol. The first kappa shape index (κ1) is 16.5. The highest BCUT2D eigenvalue weighted by molar-refractivity contribution is 6.03. The van der Waals surface area contributed by atoms with E-state index in [-0.39, 0.29) is 5.78 Å². The molecule has 0 unspecified atom stereocenters. The molecule has 0 N–H and O–H groups in total. The number of ether oxygens (including phenoxy) is 2. The second-order valence-corrected chi connectivity index (χ2v) is 5.80. The van der Waals surface area contributed by atoms with E-state index in [4.69, 9.17) is 9.47 Å². The summed E-state index contributed by atoms with van der Waals surface area (Å²) in [6.45, 7) is 2.36. The number of benzene rings is 1. The van der Waals surface area contributed by atoms with Gasteiger partial charge in [-0.3, -0.25) is 4.79 Å². The van der Waals surface area contributed by atoms with Crippen LogP contribution in [0.4, 0.5) is 4.79 Å². The van der Waals surface area contributed by atoms with Gasteiger partial charge in [-0.1, -0.05) is 50.1 Å². The molecule has 0 aliphatic heterocycles. The Bertz CT molecular complexity index is 489. The number of hydrogen-bond acceptors (Lipinski definition) is 4. The van der Waals surface area contributed by atoms with E-state index in [0.717, 1.165) is 32.1 Å². The highest BCUT2D eigenvalue weighted by Crippen LogP contribution is 2.35. The maximum atomic E-state index is 12.9. The lowest BCUT2D eigenvalue weighted by Gasteiger charge is -2.34. The number of unbranched alkanes of at least 4 members (excludes halogenated alkanes) is 1. The molecule has 1 fully saturated rings. The fraction of sp³-hybridized carbons (Fsp3) is 0.556. The monoisotopic (exact) mass is 304 g/mol. The molecule has 22 heavy (non-hydrogen) atoms. The number of rotatable bonds is 6. The zero-order valence-corrected chi connectivity index (χ0v) is 13.2. The van der Waals surface area contributed by atoms with E-state index in [1.54, 1.807) is 12.1 Å². The normalized spacial score (nSPS) is 16.8. The van der Waals surface area contributed by atoms with Crippen molar-refractivity contribution in [2.24, 2.45) is 0 Å². The number of Topliss-reactive ketones (excluding diaryl/α,β-unsaturated/α-hetero) is 1. The standard InChI is InChI=1S/C18H24O4/c1-2-3-14-21-17(20)22-18(12-8-5-9-13-18)16(19)15-10-6-4-7-11-15/h4,6-7,10-11H,2-3,5,8-9,12-14H2,1H3. The van der Waals surface area contributed by atoms with Crippen LogP contribution in [-0.4, -0.2) is 24.1 Å². The van der Waals surface area contributed by atoms with E-state index < -0.39 is 11.8 Å². The van der Waals surface area contributed by atoms with Gasteiger partial charge < -0.3 is 9.47 Å². The number of ketones is 1. The Morgan fingerprint density at radius 2 is 1.77 bits per heavy atom. The third kappa shape index (κ3) is 4.09. The lowest BCUT2D eigenvalue weighted by atomic mass is 9.79. The molecule has 0 atom stereocenters. The maximum absolute atomic E-state index is 12.9. The summed E-state index contributed by atoms with van der Waals surface area (Å²) in [4.78, 5) is 24.8. The minimum atomic E-state index is -1.05. The molecule has 1 aromatic carbocycles. The molecule has 0 saturated heterocycles. The Morgan fingerprint density at radius 1 is 1.09 bits per heavy atom. The van der Waals surface area contributed by atoms with Gasteiger partial charge in [-0.15, -0.1) is 0 Å². The van der Waals surface area contributed by atoms with E-state index in [1.165, 1.54) is 0 Å². The molecule has 4 nitrogen and oxygen atoms in total. The van der Waals surface area contributed by atoms with Gasteiger partial charge in [0.05, 0.1) is 6.61 Å². The van der Waals surface area contributed by atoms with Crippen LogP contribution >= 0.6 is 0 Å². The summed E-state index contributed by atoms with van der Waals surface area (Å²) < 4.78 is 10.6.